The quantitative estimate of drug-likeness (QED) is 0.524. The number of hydrogen-bond donors (Lipinski definition) is 1. The van der Waals surface area contributed by atoms with Crippen LogP contribution in [0, 0.1) is 6.92 Å². The van der Waals surface area contributed by atoms with Crippen LogP contribution in [0.3, 0.4) is 0 Å². The van der Waals surface area contributed by atoms with Crippen LogP contribution in [0.4, 0.5) is 5.69 Å². The number of carbonyl (C=O) groups excluding carboxylic acids is 2. The summed E-state index contributed by atoms with van der Waals surface area (Å²) in [6.07, 6.45) is -0.578. The van der Waals surface area contributed by atoms with Crippen LogP contribution in [0.2, 0.25) is 0 Å². The van der Waals surface area contributed by atoms with Crippen molar-refractivity contribution in [2.75, 3.05) is 25.7 Å². The Bertz CT molecular complexity index is 1260. The maximum atomic E-state index is 13.7. The molecule has 0 aromatic heterocycles. The number of amides is 2. The first-order valence-corrected chi connectivity index (χ1v) is 11.9. The van der Waals surface area contributed by atoms with E-state index in [-0.39, 0.29) is 24.9 Å². The zero-order valence-corrected chi connectivity index (χ0v) is 20.1. The Morgan fingerprint density at radius 3 is 2.44 bits per heavy atom. The lowest BCUT2D eigenvalue weighted by molar-refractivity contribution is -0.0974. The molecule has 0 aliphatic carbocycles. The van der Waals surface area contributed by atoms with Crippen LogP contribution in [0.25, 0.3) is 0 Å². The molecule has 34 heavy (non-hydrogen) atoms. The van der Waals surface area contributed by atoms with Crippen LogP contribution in [-0.4, -0.2) is 43.1 Å². The molecule has 1 atom stereocenters. The Hall–Kier alpha value is -3.33. The second kappa shape index (κ2) is 10.3. The van der Waals surface area contributed by atoms with E-state index in [4.69, 9.17) is 9.47 Å². The Labute approximate surface area is 201 Å². The van der Waals surface area contributed by atoms with E-state index in [2.05, 4.69) is 5.32 Å². The molecule has 1 unspecified atom stereocenters. The largest absolute Gasteiger partial charge is 0.354 e. The SMILES string of the molecule is COC(CNC(=O)c1ccc2c(c1)N(Cc1ccccc1C)C(=O)c1ccccc1S2=O)OC. The molecular formula is C26H26N2O5S. The lowest BCUT2D eigenvalue weighted by Gasteiger charge is -2.24. The van der Waals surface area contributed by atoms with Gasteiger partial charge in [-0.1, -0.05) is 36.4 Å². The van der Waals surface area contributed by atoms with Gasteiger partial charge in [0.15, 0.2) is 6.29 Å². The van der Waals surface area contributed by atoms with Gasteiger partial charge in [-0.25, -0.2) is 4.21 Å². The van der Waals surface area contributed by atoms with Gasteiger partial charge in [-0.15, -0.1) is 0 Å². The first-order valence-electron chi connectivity index (χ1n) is 10.8. The second-order valence-corrected chi connectivity index (χ2v) is 9.29. The molecule has 176 valence electrons. The van der Waals surface area contributed by atoms with Crippen molar-refractivity contribution in [2.24, 2.45) is 0 Å². The molecule has 4 rings (SSSR count). The number of nitrogens with zero attached hydrogens (tertiary/aromatic N) is 1. The van der Waals surface area contributed by atoms with Crippen LogP contribution < -0.4 is 10.2 Å². The van der Waals surface area contributed by atoms with E-state index in [0.29, 0.717) is 26.6 Å². The Morgan fingerprint density at radius 2 is 1.71 bits per heavy atom. The van der Waals surface area contributed by atoms with Crippen molar-refractivity contribution in [3.05, 3.63) is 89.0 Å². The van der Waals surface area contributed by atoms with Crippen LogP contribution >= 0.6 is 0 Å². The predicted octanol–water partition coefficient (Wildman–Crippen LogP) is 3.67. The number of carbonyl (C=O) groups is 2. The van der Waals surface area contributed by atoms with E-state index in [9.17, 15) is 13.8 Å². The first-order chi connectivity index (χ1) is 16.4. The third-order valence-corrected chi connectivity index (χ3v) is 7.32. The van der Waals surface area contributed by atoms with Crippen molar-refractivity contribution in [2.45, 2.75) is 29.5 Å². The third-order valence-electron chi connectivity index (χ3n) is 5.82. The minimum absolute atomic E-state index is 0.159. The number of anilines is 1. The van der Waals surface area contributed by atoms with Gasteiger partial charge in [0.05, 0.1) is 44.9 Å². The smallest absolute Gasteiger partial charge is 0.259 e. The highest BCUT2D eigenvalue weighted by Gasteiger charge is 2.31. The van der Waals surface area contributed by atoms with Gasteiger partial charge in [0.1, 0.15) is 0 Å². The van der Waals surface area contributed by atoms with Gasteiger partial charge in [0, 0.05) is 19.8 Å². The molecule has 1 aliphatic heterocycles. The minimum atomic E-state index is -1.58. The summed E-state index contributed by atoms with van der Waals surface area (Å²) in [6, 6.07) is 19.6. The molecule has 8 heteroatoms. The predicted molar refractivity (Wildman–Crippen MR) is 129 cm³/mol. The summed E-state index contributed by atoms with van der Waals surface area (Å²) in [5.41, 5.74) is 3.18. The van der Waals surface area contributed by atoms with E-state index in [1.54, 1.807) is 47.4 Å². The summed E-state index contributed by atoms with van der Waals surface area (Å²) in [5, 5.41) is 2.77. The van der Waals surface area contributed by atoms with E-state index in [1.807, 2.05) is 31.2 Å². The van der Waals surface area contributed by atoms with Gasteiger partial charge in [-0.2, -0.15) is 0 Å². The standard InChI is InChI=1S/C26H26N2O5S/c1-17-8-4-5-9-19(17)16-28-21-14-18(25(29)27-15-24(32-2)33-3)12-13-23(21)34(31)22-11-7-6-10-20(22)26(28)30/h4-14,24H,15-16H2,1-3H3,(H,27,29). The fraction of sp³-hybridized carbons (Fsp3) is 0.231. The molecule has 1 heterocycles. The zero-order valence-electron chi connectivity index (χ0n) is 19.2. The number of rotatable bonds is 7. The molecule has 0 saturated carbocycles. The highest BCUT2D eigenvalue weighted by Crippen LogP contribution is 2.36. The fourth-order valence-corrected chi connectivity index (χ4v) is 5.21. The van der Waals surface area contributed by atoms with Gasteiger partial charge in [0.2, 0.25) is 0 Å². The number of ether oxygens (including phenoxy) is 2. The van der Waals surface area contributed by atoms with Gasteiger partial charge in [-0.3, -0.25) is 9.59 Å². The van der Waals surface area contributed by atoms with Crippen molar-refractivity contribution in [3.63, 3.8) is 0 Å². The molecule has 0 saturated heterocycles. The third kappa shape index (κ3) is 4.65. The Balaban J connectivity index is 1.78. The number of benzene rings is 3. The lowest BCUT2D eigenvalue weighted by atomic mass is 10.1. The van der Waals surface area contributed by atoms with Crippen LogP contribution in [0.15, 0.2) is 76.5 Å². The normalized spacial score (nSPS) is 15.0. The molecule has 3 aromatic rings. The minimum Gasteiger partial charge on any atom is -0.354 e. The number of hydrogen-bond acceptors (Lipinski definition) is 5. The summed E-state index contributed by atoms with van der Waals surface area (Å²) >= 11 is 0. The molecule has 0 spiro atoms. The number of fused-ring (bicyclic) bond motifs is 2. The summed E-state index contributed by atoms with van der Waals surface area (Å²) in [6.45, 7) is 2.42. The van der Waals surface area contributed by atoms with Crippen molar-refractivity contribution in [1.82, 2.24) is 5.32 Å². The summed E-state index contributed by atoms with van der Waals surface area (Å²) in [7, 11) is 1.40. The lowest BCUT2D eigenvalue weighted by Crippen LogP contribution is -2.34. The highest BCUT2D eigenvalue weighted by molar-refractivity contribution is 7.85. The molecule has 1 aliphatic rings. The van der Waals surface area contributed by atoms with Crippen LogP contribution in [-0.2, 0) is 26.8 Å². The average molecular weight is 479 g/mol. The van der Waals surface area contributed by atoms with Crippen LogP contribution in [0.5, 0.6) is 0 Å². The Morgan fingerprint density at radius 1 is 1.00 bits per heavy atom. The van der Waals surface area contributed by atoms with Gasteiger partial charge < -0.3 is 19.7 Å². The molecule has 1 N–H and O–H groups in total. The molecule has 0 fully saturated rings. The van der Waals surface area contributed by atoms with Gasteiger partial charge in [-0.05, 0) is 48.4 Å². The molecule has 7 nitrogen and oxygen atoms in total. The Kier molecular flexibility index (Phi) is 7.21. The molecule has 0 radical (unpaired) electrons. The van der Waals surface area contributed by atoms with E-state index in [0.717, 1.165) is 11.1 Å². The van der Waals surface area contributed by atoms with E-state index >= 15 is 0 Å². The van der Waals surface area contributed by atoms with Gasteiger partial charge in [0.25, 0.3) is 11.8 Å². The summed E-state index contributed by atoms with van der Waals surface area (Å²) in [4.78, 5) is 29.1. The number of aryl methyl sites for hydroxylation is 1. The van der Waals surface area contributed by atoms with Crippen molar-refractivity contribution >= 4 is 28.3 Å². The fourth-order valence-electron chi connectivity index (χ4n) is 3.86. The summed E-state index contributed by atoms with van der Waals surface area (Å²) < 4.78 is 23.8. The van der Waals surface area contributed by atoms with E-state index in [1.165, 1.54) is 14.2 Å². The maximum absolute atomic E-state index is 13.7. The molecule has 2 amide bonds. The molecule has 0 bridgehead atoms. The van der Waals surface area contributed by atoms with Gasteiger partial charge >= 0.3 is 0 Å². The first kappa shape index (κ1) is 23.8. The number of nitrogens with one attached hydrogen (secondary N) is 1. The topological polar surface area (TPSA) is 84.9 Å². The maximum Gasteiger partial charge on any atom is 0.259 e. The number of methoxy groups -OCH3 is 2. The van der Waals surface area contributed by atoms with E-state index < -0.39 is 17.1 Å². The highest BCUT2D eigenvalue weighted by atomic mass is 32.2. The zero-order chi connectivity index (χ0) is 24.2. The van der Waals surface area contributed by atoms with Crippen molar-refractivity contribution in [1.29, 1.82) is 0 Å². The van der Waals surface area contributed by atoms with Crippen molar-refractivity contribution < 1.29 is 23.3 Å². The van der Waals surface area contributed by atoms with Crippen molar-refractivity contribution in [3.8, 4) is 0 Å². The second-order valence-electron chi connectivity index (χ2n) is 7.88. The van der Waals surface area contributed by atoms with Crippen LogP contribution in [0.1, 0.15) is 31.8 Å². The monoisotopic (exact) mass is 478 g/mol. The summed E-state index contributed by atoms with van der Waals surface area (Å²) in [5.74, 6) is -0.611. The molecule has 3 aromatic carbocycles. The average Bonchev–Trinajstić information content (AvgIpc) is 2.95. The molecular weight excluding hydrogens is 452 g/mol.